The van der Waals surface area contributed by atoms with E-state index in [1.807, 2.05) is 0 Å². The Labute approximate surface area is 200 Å². The van der Waals surface area contributed by atoms with Crippen LogP contribution in [0.3, 0.4) is 0 Å². The van der Waals surface area contributed by atoms with Gasteiger partial charge in [-0.3, -0.25) is 0 Å². The van der Waals surface area contributed by atoms with Gasteiger partial charge in [-0.25, -0.2) is 0 Å². The van der Waals surface area contributed by atoms with E-state index in [0.29, 0.717) is 25.7 Å². The van der Waals surface area contributed by atoms with E-state index in [9.17, 15) is 0 Å². The van der Waals surface area contributed by atoms with Crippen LogP contribution in [0.5, 0.6) is 0 Å². The Morgan fingerprint density at radius 3 is 1.62 bits per heavy atom. The van der Waals surface area contributed by atoms with Gasteiger partial charge in [0.15, 0.2) is 0 Å². The van der Waals surface area contributed by atoms with Crippen LogP contribution in [0, 0.1) is 5.92 Å². The molecule has 0 aromatic carbocycles. The summed E-state index contributed by atoms with van der Waals surface area (Å²) < 4.78 is 26.0. The largest absolute Gasteiger partial charge is 0.412 e. The van der Waals surface area contributed by atoms with Crippen molar-refractivity contribution in [1.82, 2.24) is 0 Å². The first-order valence-electron chi connectivity index (χ1n) is 13.5. The highest BCUT2D eigenvalue weighted by atomic mass is 16.9. The molecule has 0 aliphatic rings. The molecule has 32 heavy (non-hydrogen) atoms. The van der Waals surface area contributed by atoms with Crippen molar-refractivity contribution in [2.75, 3.05) is 19.8 Å². The Hall–Kier alpha value is -0.200. The lowest BCUT2D eigenvalue weighted by Gasteiger charge is -2.40. The molecule has 196 valence electrons. The number of ether oxygens (including phenoxy) is 4. The van der Waals surface area contributed by atoms with Crippen molar-refractivity contribution in [3.8, 4) is 0 Å². The van der Waals surface area contributed by atoms with Gasteiger partial charge in [0.2, 0.25) is 0 Å². The van der Waals surface area contributed by atoms with E-state index in [-0.39, 0.29) is 17.7 Å². The van der Waals surface area contributed by atoms with Gasteiger partial charge in [-0.2, -0.15) is 0 Å². The summed E-state index contributed by atoms with van der Waals surface area (Å²) in [6.07, 6.45) is 14.3. The van der Waals surface area contributed by atoms with Crippen LogP contribution in [-0.2, 0) is 18.9 Å². The Balaban J connectivity index is 0. The van der Waals surface area contributed by atoms with E-state index >= 15 is 0 Å². The average molecular weight is 463 g/mol. The predicted molar refractivity (Wildman–Crippen MR) is 136 cm³/mol. The molecule has 0 aromatic rings. The van der Waals surface area contributed by atoms with E-state index in [4.69, 9.17) is 18.9 Å². The third-order valence-electron chi connectivity index (χ3n) is 5.79. The highest BCUT2D eigenvalue weighted by molar-refractivity contribution is 4.75. The highest BCUT2D eigenvalue weighted by Gasteiger charge is 2.44. The Bertz CT molecular complexity index is 377. The van der Waals surface area contributed by atoms with Gasteiger partial charge >= 0.3 is 5.97 Å². The molecule has 2 N–H and O–H groups in total. The highest BCUT2D eigenvalue weighted by Crippen LogP contribution is 2.30. The molecule has 0 saturated heterocycles. The molecule has 5 heteroatoms. The summed E-state index contributed by atoms with van der Waals surface area (Å²) in [6.45, 7) is 17.4. The maximum atomic E-state index is 6.53. The van der Waals surface area contributed by atoms with E-state index < -0.39 is 5.97 Å². The van der Waals surface area contributed by atoms with Crippen LogP contribution in [-0.4, -0.2) is 43.5 Å². The van der Waals surface area contributed by atoms with Gasteiger partial charge in [0.25, 0.3) is 0 Å². The zero-order valence-electron chi connectivity index (χ0n) is 22.7. The zero-order valence-corrected chi connectivity index (χ0v) is 22.7. The summed E-state index contributed by atoms with van der Waals surface area (Å²) in [5, 5.41) is 0. The lowest BCUT2D eigenvalue weighted by molar-refractivity contribution is -0.422. The van der Waals surface area contributed by atoms with Crippen molar-refractivity contribution in [1.29, 1.82) is 0 Å². The maximum absolute atomic E-state index is 6.53. The summed E-state index contributed by atoms with van der Waals surface area (Å²) in [6, 6.07) is 0. The molecule has 0 fully saturated rings. The van der Waals surface area contributed by atoms with E-state index in [1.165, 1.54) is 38.5 Å². The van der Waals surface area contributed by atoms with Crippen molar-refractivity contribution in [2.45, 2.75) is 150 Å². The molecular weight excluding hydrogens is 404 g/mol. The molecule has 0 saturated carbocycles. The second kappa shape index (κ2) is 22.6. The smallest absolute Gasteiger partial charge is 0.310 e. The molecule has 0 aliphatic carbocycles. The number of rotatable bonds is 23. The fourth-order valence-corrected chi connectivity index (χ4v) is 3.44. The van der Waals surface area contributed by atoms with E-state index in [2.05, 4.69) is 48.5 Å². The molecule has 0 aliphatic heterocycles. The van der Waals surface area contributed by atoms with Gasteiger partial charge in [0, 0.05) is 0 Å². The SMILES string of the molecule is CCCCCCOC(OCCCCC)(OCCC(C)C)C(CCCCC)OC(C)CC.O. The second-order valence-corrected chi connectivity index (χ2v) is 9.44. The van der Waals surface area contributed by atoms with Crippen LogP contribution >= 0.6 is 0 Å². The fraction of sp³-hybridized carbons (Fsp3) is 1.00. The third-order valence-corrected chi connectivity index (χ3v) is 5.79. The van der Waals surface area contributed by atoms with Crippen LogP contribution in [0.15, 0.2) is 0 Å². The molecule has 0 heterocycles. The monoisotopic (exact) mass is 462 g/mol. The lowest BCUT2D eigenvalue weighted by atomic mass is 10.1. The standard InChI is InChI=1S/C27H56O4.H2O/c1-8-12-15-18-22-29-27(28-21-17-14-10-3,30-23-20-24(5)6)26(19-16-13-9-2)31-25(7)11-4;/h24-26H,8-23H2,1-7H3;1H2. The molecule has 0 rings (SSSR count). The van der Waals surface area contributed by atoms with Crippen LogP contribution in [0.25, 0.3) is 0 Å². The third kappa shape index (κ3) is 16.4. The maximum Gasteiger partial charge on any atom is 0.310 e. The van der Waals surface area contributed by atoms with Crippen molar-refractivity contribution in [3.05, 3.63) is 0 Å². The normalized spacial score (nSPS) is 15.4. The molecule has 0 amide bonds. The van der Waals surface area contributed by atoms with Crippen molar-refractivity contribution >= 4 is 0 Å². The van der Waals surface area contributed by atoms with Gasteiger partial charge in [0.05, 0.1) is 25.9 Å². The molecule has 3 atom stereocenters. The van der Waals surface area contributed by atoms with Gasteiger partial charge in [-0.15, -0.1) is 0 Å². The predicted octanol–water partition coefficient (Wildman–Crippen LogP) is 7.45. The van der Waals surface area contributed by atoms with Crippen LogP contribution in [0.1, 0.15) is 132 Å². The first kappa shape index (κ1) is 34.0. The molecule has 5 nitrogen and oxygen atoms in total. The summed E-state index contributed by atoms with van der Waals surface area (Å²) in [4.78, 5) is 0. The summed E-state index contributed by atoms with van der Waals surface area (Å²) >= 11 is 0. The van der Waals surface area contributed by atoms with Gasteiger partial charge in [-0.05, 0) is 44.9 Å². The number of hydrogen-bond donors (Lipinski definition) is 0. The quantitative estimate of drug-likeness (QED) is 0.117. The molecule has 0 spiro atoms. The number of unbranched alkanes of at least 4 members (excludes halogenated alkanes) is 7. The first-order valence-corrected chi connectivity index (χ1v) is 13.5. The fourth-order valence-electron chi connectivity index (χ4n) is 3.44. The molecule has 0 bridgehead atoms. The Morgan fingerprint density at radius 2 is 1.09 bits per heavy atom. The minimum absolute atomic E-state index is 0. The van der Waals surface area contributed by atoms with Gasteiger partial charge < -0.3 is 24.4 Å². The van der Waals surface area contributed by atoms with Crippen LogP contribution in [0.4, 0.5) is 0 Å². The van der Waals surface area contributed by atoms with Gasteiger partial charge in [-0.1, -0.05) is 92.9 Å². The lowest BCUT2D eigenvalue weighted by Crippen LogP contribution is -2.53. The molecular formula is C27H58O5. The minimum Gasteiger partial charge on any atom is -0.412 e. The van der Waals surface area contributed by atoms with Gasteiger partial charge in [0.1, 0.15) is 6.10 Å². The Morgan fingerprint density at radius 1 is 0.594 bits per heavy atom. The van der Waals surface area contributed by atoms with Crippen LogP contribution in [0.2, 0.25) is 0 Å². The van der Waals surface area contributed by atoms with Crippen molar-refractivity contribution in [2.24, 2.45) is 5.92 Å². The minimum atomic E-state index is -1.09. The molecule has 0 radical (unpaired) electrons. The van der Waals surface area contributed by atoms with E-state index in [1.54, 1.807) is 0 Å². The van der Waals surface area contributed by atoms with Crippen LogP contribution < -0.4 is 0 Å². The summed E-state index contributed by atoms with van der Waals surface area (Å²) in [5.74, 6) is -0.511. The Kier molecular flexibility index (Phi) is 24.0. The topological polar surface area (TPSA) is 68.4 Å². The first-order chi connectivity index (χ1) is 15.0. The zero-order chi connectivity index (χ0) is 23.4. The van der Waals surface area contributed by atoms with Crippen molar-refractivity contribution in [3.63, 3.8) is 0 Å². The van der Waals surface area contributed by atoms with Crippen molar-refractivity contribution < 1.29 is 24.4 Å². The summed E-state index contributed by atoms with van der Waals surface area (Å²) in [5.41, 5.74) is 0. The second-order valence-electron chi connectivity index (χ2n) is 9.44. The number of hydrogen-bond acceptors (Lipinski definition) is 4. The summed E-state index contributed by atoms with van der Waals surface area (Å²) in [7, 11) is 0. The molecule has 0 aromatic heterocycles. The average Bonchev–Trinajstić information content (AvgIpc) is 2.75. The van der Waals surface area contributed by atoms with E-state index in [0.717, 1.165) is 44.9 Å². The molecule has 3 unspecified atom stereocenters.